The average molecular weight is 589 g/mol. The molecule has 0 unspecified atom stereocenters. The van der Waals surface area contributed by atoms with E-state index in [9.17, 15) is 23.1 Å². The van der Waals surface area contributed by atoms with Crippen LogP contribution in [-0.2, 0) is 24.2 Å². The second-order valence-electron chi connectivity index (χ2n) is 9.81. The molecule has 1 N–H and O–H groups in total. The van der Waals surface area contributed by atoms with Gasteiger partial charge in [0, 0.05) is 28.5 Å². The van der Waals surface area contributed by atoms with Gasteiger partial charge in [-0.1, -0.05) is 47.5 Å². The van der Waals surface area contributed by atoms with Crippen molar-refractivity contribution in [1.29, 1.82) is 0 Å². The van der Waals surface area contributed by atoms with Crippen LogP contribution < -0.4 is 0 Å². The fraction of sp³-hybridized carbons (Fsp3) is 0.321. The molecule has 11 heteroatoms. The third kappa shape index (κ3) is 6.11. The highest BCUT2D eigenvalue weighted by Gasteiger charge is 2.51. The monoisotopic (exact) mass is 588 g/mol. The maximum absolute atomic E-state index is 14.0. The molecular formula is C28H26Cl2N2O6S. The molecule has 0 spiro atoms. The standard InChI is InChI=1S/C28H26Cl2N2O6S/c29-20-8-6-18(7-9-20)26-27(19-2-1-3-21(30)14-19)38-24(15-25(33)34)28(35)32(26)23(17-4-5-17)16-39(36,37)22-10-12-31-13-11-22/h1-3,6-14,17,23-24,26-27H,4-5,15-16H2,(H,33,34)/t23-,24+,26-,27-/m1/s1. The Morgan fingerprint density at radius 1 is 1.03 bits per heavy atom. The first-order valence-corrected chi connectivity index (χ1v) is 14.9. The van der Waals surface area contributed by atoms with Gasteiger partial charge < -0.3 is 14.7 Å². The van der Waals surface area contributed by atoms with Gasteiger partial charge in [0.05, 0.1) is 23.1 Å². The maximum atomic E-state index is 14.0. The zero-order valence-electron chi connectivity index (χ0n) is 20.7. The number of nitrogens with zero attached hydrogens (tertiary/aromatic N) is 2. The Morgan fingerprint density at radius 2 is 1.72 bits per heavy atom. The van der Waals surface area contributed by atoms with Crippen LogP contribution in [0.4, 0.5) is 0 Å². The lowest BCUT2D eigenvalue weighted by Gasteiger charge is -2.48. The summed E-state index contributed by atoms with van der Waals surface area (Å²) in [5.41, 5.74) is 1.32. The summed E-state index contributed by atoms with van der Waals surface area (Å²) in [6, 6.07) is 15.3. The third-order valence-electron chi connectivity index (χ3n) is 7.10. The first kappa shape index (κ1) is 27.6. The number of sulfone groups is 1. The average Bonchev–Trinajstić information content (AvgIpc) is 3.75. The highest BCUT2D eigenvalue weighted by molar-refractivity contribution is 7.91. The quantitative estimate of drug-likeness (QED) is 0.368. The first-order valence-electron chi connectivity index (χ1n) is 12.5. The summed E-state index contributed by atoms with van der Waals surface area (Å²) < 4.78 is 33.3. The van der Waals surface area contributed by atoms with Gasteiger partial charge in [0.25, 0.3) is 5.91 Å². The fourth-order valence-electron chi connectivity index (χ4n) is 5.15. The molecular weight excluding hydrogens is 563 g/mol. The first-order chi connectivity index (χ1) is 18.6. The molecule has 1 amide bonds. The molecule has 1 aliphatic heterocycles. The van der Waals surface area contributed by atoms with Crippen molar-refractivity contribution in [1.82, 2.24) is 9.88 Å². The van der Waals surface area contributed by atoms with E-state index < -0.39 is 52.4 Å². The van der Waals surface area contributed by atoms with Gasteiger partial charge in [0.2, 0.25) is 0 Å². The molecule has 1 aromatic heterocycles. The summed E-state index contributed by atoms with van der Waals surface area (Å²) in [6.45, 7) is 0. The molecule has 8 nitrogen and oxygen atoms in total. The van der Waals surface area contributed by atoms with Crippen molar-refractivity contribution >= 4 is 44.9 Å². The molecule has 4 atom stereocenters. The number of ether oxygens (including phenoxy) is 1. The van der Waals surface area contributed by atoms with Crippen molar-refractivity contribution in [2.75, 3.05) is 5.75 Å². The van der Waals surface area contributed by atoms with E-state index in [0.29, 0.717) is 21.2 Å². The summed E-state index contributed by atoms with van der Waals surface area (Å²) in [4.78, 5) is 31.4. The van der Waals surface area contributed by atoms with E-state index in [-0.39, 0.29) is 16.6 Å². The molecule has 1 aliphatic carbocycles. The van der Waals surface area contributed by atoms with Gasteiger partial charge in [-0.3, -0.25) is 14.6 Å². The number of aromatic nitrogens is 1. The van der Waals surface area contributed by atoms with Gasteiger partial charge in [-0.15, -0.1) is 0 Å². The Morgan fingerprint density at radius 3 is 2.33 bits per heavy atom. The van der Waals surface area contributed by atoms with Crippen LogP contribution in [0.1, 0.15) is 42.5 Å². The molecule has 2 aliphatic rings. The molecule has 2 aromatic carbocycles. The minimum atomic E-state index is -3.81. The number of carboxylic acids is 1. The topological polar surface area (TPSA) is 114 Å². The van der Waals surface area contributed by atoms with Gasteiger partial charge in [0.15, 0.2) is 9.84 Å². The summed E-state index contributed by atoms with van der Waals surface area (Å²) in [5, 5.41) is 10.5. The normalized spacial score (nSPS) is 22.5. The Bertz CT molecular complexity index is 1460. The molecule has 5 rings (SSSR count). The number of hydrogen-bond donors (Lipinski definition) is 1. The number of morpholine rings is 1. The molecule has 0 radical (unpaired) electrons. The largest absolute Gasteiger partial charge is 0.481 e. The Kier molecular flexibility index (Phi) is 7.96. The lowest BCUT2D eigenvalue weighted by Crippen LogP contribution is -2.57. The van der Waals surface area contributed by atoms with Crippen molar-refractivity contribution in [3.05, 3.63) is 94.2 Å². The minimum absolute atomic E-state index is 0.0658. The number of carboxylic acid groups (broad SMARTS) is 1. The van der Waals surface area contributed by atoms with Crippen molar-refractivity contribution in [3.8, 4) is 0 Å². The number of aliphatic carboxylic acids is 1. The van der Waals surface area contributed by atoms with Crippen molar-refractivity contribution in [3.63, 3.8) is 0 Å². The van der Waals surface area contributed by atoms with E-state index in [1.54, 1.807) is 53.4 Å². The predicted octanol–water partition coefficient (Wildman–Crippen LogP) is 5.13. The van der Waals surface area contributed by atoms with Crippen LogP contribution in [0.2, 0.25) is 10.0 Å². The van der Waals surface area contributed by atoms with E-state index in [1.165, 1.54) is 24.5 Å². The summed E-state index contributed by atoms with van der Waals surface area (Å²) in [5.74, 6) is -2.14. The van der Waals surface area contributed by atoms with Crippen molar-refractivity contribution in [2.45, 2.75) is 48.4 Å². The Labute approximate surface area is 236 Å². The highest BCUT2D eigenvalue weighted by Crippen LogP contribution is 2.48. The van der Waals surface area contributed by atoms with Crippen LogP contribution in [0, 0.1) is 5.92 Å². The number of carbonyl (C=O) groups excluding carboxylic acids is 1. The maximum Gasteiger partial charge on any atom is 0.306 e. The third-order valence-corrected chi connectivity index (χ3v) is 9.36. The molecule has 3 aromatic rings. The molecule has 1 saturated heterocycles. The lowest BCUT2D eigenvalue weighted by molar-refractivity contribution is -0.183. The van der Waals surface area contributed by atoms with Crippen molar-refractivity contribution in [2.24, 2.45) is 5.92 Å². The van der Waals surface area contributed by atoms with E-state index >= 15 is 0 Å². The molecule has 0 bridgehead atoms. The SMILES string of the molecule is O=C(O)C[C@@H]1O[C@H](c2cccc(Cl)c2)[C@@H](c2ccc(Cl)cc2)N([C@H](CS(=O)(=O)c2ccncc2)C2CC2)C1=O. The van der Waals surface area contributed by atoms with Gasteiger partial charge in [0.1, 0.15) is 12.2 Å². The smallest absolute Gasteiger partial charge is 0.306 e. The Hall–Kier alpha value is -2.98. The zero-order chi connectivity index (χ0) is 27.7. The molecule has 39 heavy (non-hydrogen) atoms. The van der Waals surface area contributed by atoms with Gasteiger partial charge in [-0.05, 0) is 66.3 Å². The lowest BCUT2D eigenvalue weighted by atomic mass is 9.89. The van der Waals surface area contributed by atoms with Crippen LogP contribution >= 0.6 is 23.2 Å². The zero-order valence-corrected chi connectivity index (χ0v) is 23.0. The fourth-order valence-corrected chi connectivity index (χ4v) is 7.09. The second kappa shape index (κ2) is 11.3. The molecule has 2 heterocycles. The van der Waals surface area contributed by atoms with E-state index in [0.717, 1.165) is 12.8 Å². The number of halogens is 2. The number of hydrogen-bond acceptors (Lipinski definition) is 6. The van der Waals surface area contributed by atoms with E-state index in [1.807, 2.05) is 0 Å². The van der Waals surface area contributed by atoms with Gasteiger partial charge in [-0.25, -0.2) is 8.42 Å². The van der Waals surface area contributed by atoms with Gasteiger partial charge in [-0.2, -0.15) is 0 Å². The number of rotatable bonds is 9. The van der Waals surface area contributed by atoms with Crippen LogP contribution in [-0.4, -0.2) is 53.2 Å². The number of pyridine rings is 1. The number of benzene rings is 2. The Balaban J connectivity index is 1.65. The van der Waals surface area contributed by atoms with Crippen LogP contribution in [0.5, 0.6) is 0 Å². The van der Waals surface area contributed by atoms with Gasteiger partial charge >= 0.3 is 5.97 Å². The van der Waals surface area contributed by atoms with E-state index in [2.05, 4.69) is 4.98 Å². The number of carbonyl (C=O) groups is 2. The molecule has 1 saturated carbocycles. The minimum Gasteiger partial charge on any atom is -0.481 e. The summed E-state index contributed by atoms with van der Waals surface area (Å²) in [6.07, 6.45) is 1.64. The van der Waals surface area contributed by atoms with Crippen LogP contribution in [0.3, 0.4) is 0 Å². The van der Waals surface area contributed by atoms with Crippen LogP contribution in [0.15, 0.2) is 78.0 Å². The van der Waals surface area contributed by atoms with Crippen molar-refractivity contribution < 1.29 is 27.9 Å². The second-order valence-corrected chi connectivity index (χ2v) is 12.7. The summed E-state index contributed by atoms with van der Waals surface area (Å²) in [7, 11) is -3.81. The van der Waals surface area contributed by atoms with E-state index in [4.69, 9.17) is 27.9 Å². The highest BCUT2D eigenvalue weighted by atomic mass is 35.5. The summed E-state index contributed by atoms with van der Waals surface area (Å²) >= 11 is 12.5. The van der Waals surface area contributed by atoms with Crippen LogP contribution in [0.25, 0.3) is 0 Å². The number of amides is 1. The predicted molar refractivity (Wildman–Crippen MR) is 145 cm³/mol. The molecule has 204 valence electrons. The molecule has 2 fully saturated rings.